The zero-order valence-corrected chi connectivity index (χ0v) is 21.1. The largest absolute Gasteiger partial charge is 0.371 e. The maximum atomic E-state index is 14.1. The molecule has 34 heavy (non-hydrogen) atoms. The van der Waals surface area contributed by atoms with Gasteiger partial charge in [0.05, 0.1) is 17.3 Å². The molecule has 0 bridgehead atoms. The third kappa shape index (κ3) is 5.72. The van der Waals surface area contributed by atoms with Crippen molar-refractivity contribution in [3.63, 3.8) is 0 Å². The third-order valence-electron chi connectivity index (χ3n) is 7.31. The number of likely N-dealkylation sites (N-methyl/N-ethyl adjacent to an activating group) is 1. The SMILES string of the molecule is C/C=C\C(=C/C)C1CN(C)CCN1C(=O)c1ccc(NC(=O)C2CC2)cc1N1CCCCCC1. The number of rotatable bonds is 6. The van der Waals surface area contributed by atoms with Crippen LogP contribution in [0.1, 0.15) is 62.7 Å². The lowest BCUT2D eigenvalue weighted by Crippen LogP contribution is -2.54. The van der Waals surface area contributed by atoms with Crippen LogP contribution in [0.25, 0.3) is 0 Å². The smallest absolute Gasteiger partial charge is 0.256 e. The van der Waals surface area contributed by atoms with Gasteiger partial charge in [-0.1, -0.05) is 31.1 Å². The lowest BCUT2D eigenvalue weighted by molar-refractivity contribution is -0.117. The van der Waals surface area contributed by atoms with Crippen LogP contribution in [0.4, 0.5) is 11.4 Å². The molecular weight excluding hydrogens is 424 g/mol. The molecule has 184 valence electrons. The van der Waals surface area contributed by atoms with Gasteiger partial charge in [-0.2, -0.15) is 0 Å². The average Bonchev–Trinajstić information content (AvgIpc) is 3.70. The van der Waals surface area contributed by atoms with E-state index in [1.807, 2.05) is 38.1 Å². The maximum absolute atomic E-state index is 14.1. The fraction of sp³-hybridized carbons (Fsp3) is 0.571. The molecule has 4 rings (SSSR count). The fourth-order valence-corrected chi connectivity index (χ4v) is 5.15. The number of carbonyl (C=O) groups excluding carboxylic acids is 2. The monoisotopic (exact) mass is 464 g/mol. The Morgan fingerprint density at radius 3 is 2.38 bits per heavy atom. The van der Waals surface area contributed by atoms with Crippen LogP contribution in [-0.2, 0) is 4.79 Å². The quantitative estimate of drug-likeness (QED) is 0.621. The molecule has 3 aliphatic rings. The number of nitrogens with one attached hydrogen (secondary N) is 1. The predicted octanol–water partition coefficient (Wildman–Crippen LogP) is 4.69. The van der Waals surface area contributed by atoms with E-state index in [2.05, 4.69) is 39.2 Å². The second-order valence-corrected chi connectivity index (χ2v) is 9.96. The Kier molecular flexibility index (Phi) is 8.09. The first-order chi connectivity index (χ1) is 16.5. The molecule has 1 atom stereocenters. The van der Waals surface area contributed by atoms with Crippen LogP contribution in [0.5, 0.6) is 0 Å². The third-order valence-corrected chi connectivity index (χ3v) is 7.31. The van der Waals surface area contributed by atoms with Crippen LogP contribution in [0.3, 0.4) is 0 Å². The van der Waals surface area contributed by atoms with Gasteiger partial charge < -0.3 is 20.0 Å². The van der Waals surface area contributed by atoms with Gasteiger partial charge in [0.2, 0.25) is 5.91 Å². The Balaban J connectivity index is 1.67. The minimum Gasteiger partial charge on any atom is -0.371 e. The number of piperazine rings is 1. The minimum absolute atomic E-state index is 0.0266. The number of nitrogens with zero attached hydrogens (tertiary/aromatic N) is 3. The normalized spacial score (nSPS) is 22.7. The van der Waals surface area contributed by atoms with Crippen LogP contribution >= 0.6 is 0 Å². The van der Waals surface area contributed by atoms with Gasteiger partial charge in [0.15, 0.2) is 0 Å². The van der Waals surface area contributed by atoms with Gasteiger partial charge in [0.1, 0.15) is 0 Å². The van der Waals surface area contributed by atoms with Crippen molar-refractivity contribution < 1.29 is 9.59 Å². The summed E-state index contributed by atoms with van der Waals surface area (Å²) < 4.78 is 0. The van der Waals surface area contributed by atoms with E-state index in [9.17, 15) is 9.59 Å². The molecule has 0 radical (unpaired) electrons. The van der Waals surface area contributed by atoms with Gasteiger partial charge in [0, 0.05) is 44.3 Å². The van der Waals surface area contributed by atoms with E-state index in [1.165, 1.54) is 18.4 Å². The molecule has 0 aromatic heterocycles. The second-order valence-electron chi connectivity index (χ2n) is 9.96. The van der Waals surface area contributed by atoms with E-state index in [0.717, 1.165) is 68.8 Å². The van der Waals surface area contributed by atoms with E-state index in [4.69, 9.17) is 0 Å². The van der Waals surface area contributed by atoms with E-state index >= 15 is 0 Å². The van der Waals surface area contributed by atoms with Crippen molar-refractivity contribution in [1.29, 1.82) is 0 Å². The first-order valence-electron chi connectivity index (χ1n) is 13.0. The van der Waals surface area contributed by atoms with E-state index < -0.39 is 0 Å². The Morgan fingerprint density at radius 1 is 1.00 bits per heavy atom. The maximum Gasteiger partial charge on any atom is 0.256 e. The van der Waals surface area contributed by atoms with Crippen molar-refractivity contribution in [3.8, 4) is 0 Å². The van der Waals surface area contributed by atoms with Crippen LogP contribution in [0.15, 0.2) is 42.0 Å². The second kappa shape index (κ2) is 11.2. The molecule has 1 aromatic carbocycles. The van der Waals surface area contributed by atoms with Crippen molar-refractivity contribution in [1.82, 2.24) is 9.80 Å². The first-order valence-corrected chi connectivity index (χ1v) is 13.0. The summed E-state index contributed by atoms with van der Waals surface area (Å²) in [5.41, 5.74) is 3.68. The summed E-state index contributed by atoms with van der Waals surface area (Å²) in [6.07, 6.45) is 13.0. The van der Waals surface area contributed by atoms with Gasteiger partial charge in [0.25, 0.3) is 5.91 Å². The van der Waals surface area contributed by atoms with Crippen molar-refractivity contribution in [2.75, 3.05) is 50.0 Å². The fourth-order valence-electron chi connectivity index (χ4n) is 5.15. The molecule has 2 saturated heterocycles. The van der Waals surface area contributed by atoms with Gasteiger partial charge in [-0.15, -0.1) is 0 Å². The van der Waals surface area contributed by atoms with Crippen LogP contribution in [0, 0.1) is 5.92 Å². The van der Waals surface area contributed by atoms with Gasteiger partial charge in [-0.3, -0.25) is 9.59 Å². The molecule has 1 saturated carbocycles. The molecule has 1 unspecified atom stereocenters. The van der Waals surface area contributed by atoms with Gasteiger partial charge in [-0.05, 0) is 70.4 Å². The van der Waals surface area contributed by atoms with Crippen molar-refractivity contribution in [2.45, 2.75) is 58.4 Å². The van der Waals surface area contributed by atoms with E-state index in [1.54, 1.807) is 0 Å². The van der Waals surface area contributed by atoms with Crippen molar-refractivity contribution >= 4 is 23.2 Å². The molecule has 1 aromatic rings. The zero-order valence-electron chi connectivity index (χ0n) is 21.1. The summed E-state index contributed by atoms with van der Waals surface area (Å²) in [7, 11) is 2.12. The molecule has 2 amide bonds. The van der Waals surface area contributed by atoms with Gasteiger partial charge in [-0.25, -0.2) is 0 Å². The number of carbonyl (C=O) groups is 2. The highest BCUT2D eigenvalue weighted by molar-refractivity contribution is 6.02. The number of hydrogen-bond donors (Lipinski definition) is 1. The first kappa shape index (κ1) is 24.5. The van der Waals surface area contributed by atoms with Crippen molar-refractivity contribution in [3.05, 3.63) is 47.6 Å². The summed E-state index contributed by atoms with van der Waals surface area (Å²) in [5.74, 6) is 0.338. The van der Waals surface area contributed by atoms with E-state index in [-0.39, 0.29) is 23.8 Å². The van der Waals surface area contributed by atoms with Crippen LogP contribution in [-0.4, -0.2) is 67.4 Å². The average molecular weight is 465 g/mol. The topological polar surface area (TPSA) is 55.9 Å². The molecule has 2 heterocycles. The van der Waals surface area contributed by atoms with Crippen LogP contribution < -0.4 is 10.2 Å². The van der Waals surface area contributed by atoms with E-state index in [0.29, 0.717) is 6.54 Å². The Bertz CT molecular complexity index is 942. The molecule has 6 nitrogen and oxygen atoms in total. The molecule has 2 aliphatic heterocycles. The standard InChI is InChI=1S/C28H40N4O2/c1-4-10-21(5-2)26-20-30(3)17-18-32(26)28(34)24-14-13-23(29-27(33)22-11-12-22)19-25(24)31-15-8-6-7-9-16-31/h4-5,10,13-14,19,22,26H,6-9,11-12,15-18,20H2,1-3H3,(H,29,33)/b10-4-,21-5+. The molecular formula is C28H40N4O2. The number of anilines is 2. The Labute approximate surface area is 204 Å². The summed E-state index contributed by atoms with van der Waals surface area (Å²) in [4.78, 5) is 33.2. The molecule has 0 spiro atoms. The lowest BCUT2D eigenvalue weighted by atomic mass is 9.99. The molecule has 3 fully saturated rings. The highest BCUT2D eigenvalue weighted by Crippen LogP contribution is 2.33. The number of allylic oxidation sites excluding steroid dienone is 2. The number of hydrogen-bond acceptors (Lipinski definition) is 4. The number of benzene rings is 1. The van der Waals surface area contributed by atoms with Crippen LogP contribution in [0.2, 0.25) is 0 Å². The summed E-state index contributed by atoms with van der Waals surface area (Å²) >= 11 is 0. The summed E-state index contributed by atoms with van der Waals surface area (Å²) in [6, 6.07) is 5.90. The van der Waals surface area contributed by atoms with Gasteiger partial charge >= 0.3 is 0 Å². The zero-order chi connectivity index (χ0) is 24.1. The van der Waals surface area contributed by atoms with Crippen molar-refractivity contribution in [2.24, 2.45) is 5.92 Å². The number of amides is 2. The Morgan fingerprint density at radius 2 is 1.74 bits per heavy atom. The molecule has 1 N–H and O–H groups in total. The lowest BCUT2D eigenvalue weighted by Gasteiger charge is -2.41. The minimum atomic E-state index is 0.0266. The molecule has 1 aliphatic carbocycles. The highest BCUT2D eigenvalue weighted by atomic mass is 16.2. The summed E-state index contributed by atoms with van der Waals surface area (Å²) in [6.45, 7) is 8.36. The highest BCUT2D eigenvalue weighted by Gasteiger charge is 2.33. The summed E-state index contributed by atoms with van der Waals surface area (Å²) in [5, 5.41) is 3.09. The predicted molar refractivity (Wildman–Crippen MR) is 139 cm³/mol. The molecule has 6 heteroatoms. The Hall–Kier alpha value is -2.60.